The van der Waals surface area contributed by atoms with Crippen LogP contribution in [0.2, 0.25) is 0 Å². The molecule has 2 rings (SSSR count). The Morgan fingerprint density at radius 2 is 2.41 bits per heavy atom. The monoisotopic (exact) mass is 296 g/mol. The van der Waals surface area contributed by atoms with Gasteiger partial charge in [0, 0.05) is 24.4 Å². The second-order valence-corrected chi connectivity index (χ2v) is 4.50. The quantitative estimate of drug-likeness (QED) is 0.484. The van der Waals surface area contributed by atoms with Gasteiger partial charge in [0.1, 0.15) is 4.60 Å². The topological polar surface area (TPSA) is 94.9 Å². The van der Waals surface area contributed by atoms with Gasteiger partial charge in [-0.05, 0) is 27.4 Å². The van der Waals surface area contributed by atoms with Gasteiger partial charge in [0.05, 0.1) is 12.4 Å². The highest BCUT2D eigenvalue weighted by Gasteiger charge is 2.30. The van der Waals surface area contributed by atoms with Crippen LogP contribution in [-0.4, -0.2) is 29.0 Å². The van der Waals surface area contributed by atoms with E-state index in [9.17, 15) is 4.79 Å². The number of aromatic nitrogens is 2. The number of carbonyl (C=O) groups is 1. The number of hydrogen-bond acceptors (Lipinski definition) is 4. The highest BCUT2D eigenvalue weighted by molar-refractivity contribution is 9.10. The second kappa shape index (κ2) is 5.11. The molecule has 8 heteroatoms. The molecule has 2 heterocycles. The summed E-state index contributed by atoms with van der Waals surface area (Å²) in [5, 5.41) is 3.49. The Balaban J connectivity index is 2.10. The van der Waals surface area contributed by atoms with Gasteiger partial charge in [0.2, 0.25) is 5.91 Å². The predicted octanol–water partition coefficient (Wildman–Crippen LogP) is 1.90. The van der Waals surface area contributed by atoms with Gasteiger partial charge in [-0.25, -0.2) is 9.97 Å². The summed E-state index contributed by atoms with van der Waals surface area (Å²) in [4.78, 5) is 24.1. The van der Waals surface area contributed by atoms with Gasteiger partial charge in [-0.3, -0.25) is 9.69 Å². The molecule has 0 radical (unpaired) electrons. The third-order valence-corrected chi connectivity index (χ3v) is 2.90. The smallest absolute Gasteiger partial charge is 0.228 e. The first-order chi connectivity index (χ1) is 8.20. The molecule has 1 aliphatic rings. The molecular formula is C9H9BrN6O. The van der Waals surface area contributed by atoms with Crippen molar-refractivity contribution in [1.29, 1.82) is 0 Å². The zero-order chi connectivity index (χ0) is 12.3. The molecule has 0 bridgehead atoms. The number of anilines is 1. The van der Waals surface area contributed by atoms with Crippen molar-refractivity contribution in [3.05, 3.63) is 27.4 Å². The van der Waals surface area contributed by atoms with E-state index in [1.54, 1.807) is 11.1 Å². The average molecular weight is 297 g/mol. The zero-order valence-corrected chi connectivity index (χ0v) is 10.4. The van der Waals surface area contributed by atoms with E-state index < -0.39 is 0 Å². The molecule has 0 aliphatic carbocycles. The average Bonchev–Trinajstić information content (AvgIpc) is 2.69. The highest BCUT2D eigenvalue weighted by atomic mass is 79.9. The van der Waals surface area contributed by atoms with E-state index in [1.165, 1.54) is 6.20 Å². The van der Waals surface area contributed by atoms with Crippen LogP contribution in [0.1, 0.15) is 6.42 Å². The van der Waals surface area contributed by atoms with Crippen molar-refractivity contribution in [2.75, 3.05) is 18.0 Å². The van der Waals surface area contributed by atoms with Crippen LogP contribution in [0, 0.1) is 5.92 Å². The fraction of sp³-hybridized carbons (Fsp3) is 0.444. The van der Waals surface area contributed by atoms with E-state index >= 15 is 0 Å². The summed E-state index contributed by atoms with van der Waals surface area (Å²) in [5.41, 5.74) is 8.24. The van der Waals surface area contributed by atoms with E-state index in [0.29, 0.717) is 29.9 Å². The molecule has 88 valence electrons. The number of azide groups is 1. The predicted molar refractivity (Wildman–Crippen MR) is 64.2 cm³/mol. The molecule has 0 N–H and O–H groups in total. The minimum absolute atomic E-state index is 0.0141. The van der Waals surface area contributed by atoms with Crippen LogP contribution in [0.5, 0.6) is 0 Å². The van der Waals surface area contributed by atoms with Crippen molar-refractivity contribution in [2.24, 2.45) is 11.0 Å². The van der Waals surface area contributed by atoms with Gasteiger partial charge in [0.25, 0.3) is 0 Å². The van der Waals surface area contributed by atoms with Crippen LogP contribution in [0.15, 0.2) is 22.1 Å². The summed E-state index contributed by atoms with van der Waals surface area (Å²) in [6.45, 7) is 0.858. The second-order valence-electron chi connectivity index (χ2n) is 3.69. The first-order valence-corrected chi connectivity index (χ1v) is 5.79. The summed E-state index contributed by atoms with van der Waals surface area (Å²) in [5.74, 6) is 0.574. The summed E-state index contributed by atoms with van der Waals surface area (Å²) >= 11 is 3.18. The largest absolute Gasteiger partial charge is 0.295 e. The molecule has 0 aromatic carbocycles. The normalized spacial score (nSPS) is 19.2. The molecule has 1 amide bonds. The minimum atomic E-state index is -0.0141. The third-order valence-electron chi connectivity index (χ3n) is 2.49. The van der Waals surface area contributed by atoms with E-state index in [2.05, 4.69) is 35.9 Å². The molecule has 1 saturated heterocycles. The fourth-order valence-electron chi connectivity index (χ4n) is 1.72. The number of amides is 1. The van der Waals surface area contributed by atoms with Crippen LogP contribution in [0.4, 0.5) is 5.82 Å². The van der Waals surface area contributed by atoms with Crippen LogP contribution >= 0.6 is 15.9 Å². The molecule has 1 atom stereocenters. The maximum atomic E-state index is 11.7. The fourth-order valence-corrected chi connectivity index (χ4v) is 1.93. The lowest BCUT2D eigenvalue weighted by atomic mass is 10.1. The summed E-state index contributed by atoms with van der Waals surface area (Å²) in [6, 6.07) is 0. The molecule has 0 saturated carbocycles. The number of carbonyl (C=O) groups excluding carboxylic acids is 1. The Bertz CT molecular complexity index is 469. The standard InChI is InChI=1S/C9H9BrN6O/c10-7-3-13-8(4-12-7)16-5-6(1-9(16)17)2-14-15-11/h3-4,6H,1-2,5H2. The number of rotatable bonds is 3. The van der Waals surface area contributed by atoms with Crippen LogP contribution < -0.4 is 4.90 Å². The summed E-state index contributed by atoms with van der Waals surface area (Å²) in [6.07, 6.45) is 3.47. The lowest BCUT2D eigenvalue weighted by molar-refractivity contribution is -0.117. The van der Waals surface area contributed by atoms with Crippen molar-refractivity contribution >= 4 is 27.7 Å². The molecule has 17 heavy (non-hydrogen) atoms. The van der Waals surface area contributed by atoms with Crippen molar-refractivity contribution in [2.45, 2.75) is 6.42 Å². The van der Waals surface area contributed by atoms with Crippen molar-refractivity contribution in [3.8, 4) is 0 Å². The minimum Gasteiger partial charge on any atom is -0.295 e. The molecule has 7 nitrogen and oxygen atoms in total. The lowest BCUT2D eigenvalue weighted by Gasteiger charge is -2.14. The molecule has 1 aliphatic heterocycles. The molecule has 1 aromatic heterocycles. The molecule has 1 aromatic rings. The third kappa shape index (κ3) is 2.72. The molecule has 1 unspecified atom stereocenters. The molecule has 1 fully saturated rings. The zero-order valence-electron chi connectivity index (χ0n) is 8.82. The van der Waals surface area contributed by atoms with Crippen LogP contribution in [0.3, 0.4) is 0 Å². The lowest BCUT2D eigenvalue weighted by Crippen LogP contribution is -2.25. The maximum absolute atomic E-state index is 11.7. The van der Waals surface area contributed by atoms with Crippen molar-refractivity contribution in [1.82, 2.24) is 9.97 Å². The summed E-state index contributed by atoms with van der Waals surface area (Å²) < 4.78 is 0.624. The van der Waals surface area contributed by atoms with Crippen molar-refractivity contribution in [3.63, 3.8) is 0 Å². The Labute approximate surface area is 106 Å². The van der Waals surface area contributed by atoms with Gasteiger partial charge < -0.3 is 0 Å². The van der Waals surface area contributed by atoms with E-state index in [1.807, 2.05) is 0 Å². The van der Waals surface area contributed by atoms with Gasteiger partial charge >= 0.3 is 0 Å². The van der Waals surface area contributed by atoms with E-state index in [4.69, 9.17) is 5.53 Å². The van der Waals surface area contributed by atoms with Crippen LogP contribution in [-0.2, 0) is 4.79 Å². The SMILES string of the molecule is [N-]=[N+]=NCC1CC(=O)N(c2cnc(Br)cn2)C1. The first kappa shape index (κ1) is 11.8. The Kier molecular flexibility index (Phi) is 3.55. The molecule has 0 spiro atoms. The van der Waals surface area contributed by atoms with Gasteiger partial charge in [-0.2, -0.15) is 0 Å². The Morgan fingerprint density at radius 3 is 3.06 bits per heavy atom. The van der Waals surface area contributed by atoms with E-state index in [-0.39, 0.29) is 11.8 Å². The summed E-state index contributed by atoms with van der Waals surface area (Å²) in [7, 11) is 0. The number of nitrogens with zero attached hydrogens (tertiary/aromatic N) is 6. The Hall–Kier alpha value is -1.66. The van der Waals surface area contributed by atoms with Gasteiger partial charge in [-0.1, -0.05) is 5.11 Å². The van der Waals surface area contributed by atoms with Gasteiger partial charge in [-0.15, -0.1) is 0 Å². The number of hydrogen-bond donors (Lipinski definition) is 0. The first-order valence-electron chi connectivity index (χ1n) is 4.99. The highest BCUT2D eigenvalue weighted by Crippen LogP contribution is 2.23. The van der Waals surface area contributed by atoms with E-state index in [0.717, 1.165) is 0 Å². The van der Waals surface area contributed by atoms with Crippen LogP contribution in [0.25, 0.3) is 10.4 Å². The number of halogens is 1. The van der Waals surface area contributed by atoms with Gasteiger partial charge in [0.15, 0.2) is 5.82 Å². The maximum Gasteiger partial charge on any atom is 0.228 e. The molecular weight excluding hydrogens is 288 g/mol. The Morgan fingerprint density at radius 1 is 1.59 bits per heavy atom. The van der Waals surface area contributed by atoms with Crippen molar-refractivity contribution < 1.29 is 4.79 Å².